The normalized spacial score (nSPS) is 17.4. The zero-order chi connectivity index (χ0) is 27.9. The van der Waals surface area contributed by atoms with Crippen LogP contribution in [0.2, 0.25) is 15.1 Å². The Labute approximate surface area is 241 Å². The highest BCUT2D eigenvalue weighted by Gasteiger charge is 2.67. The number of carbonyl (C=O) groups excluding carboxylic acids is 2. The van der Waals surface area contributed by atoms with Gasteiger partial charge in [-0.2, -0.15) is 0 Å². The van der Waals surface area contributed by atoms with Crippen molar-refractivity contribution in [3.8, 4) is 0 Å². The van der Waals surface area contributed by atoms with Crippen LogP contribution in [0.5, 0.6) is 0 Å². The third-order valence-corrected chi connectivity index (χ3v) is 7.64. The second-order valence-corrected chi connectivity index (χ2v) is 11.2. The molecule has 0 aliphatic heterocycles. The molecule has 13 heteroatoms. The van der Waals surface area contributed by atoms with E-state index in [1.165, 1.54) is 37.4 Å². The average molecular weight is 620 g/mol. The van der Waals surface area contributed by atoms with Gasteiger partial charge < -0.3 is 15.7 Å². The van der Waals surface area contributed by atoms with E-state index in [0.717, 1.165) is 11.0 Å². The van der Waals surface area contributed by atoms with Crippen molar-refractivity contribution in [3.63, 3.8) is 0 Å². The maximum atomic E-state index is 14.5. The molecule has 0 heterocycles. The molecule has 2 unspecified atom stereocenters. The molecule has 0 saturated heterocycles. The van der Waals surface area contributed by atoms with E-state index in [4.69, 9.17) is 63.1 Å². The van der Waals surface area contributed by atoms with Crippen molar-refractivity contribution in [1.82, 2.24) is 0 Å². The Kier molecular flexibility index (Phi) is 8.02. The van der Waals surface area contributed by atoms with Crippen molar-refractivity contribution in [1.29, 1.82) is 0 Å². The Morgan fingerprint density at radius 1 is 0.947 bits per heavy atom. The van der Waals surface area contributed by atoms with E-state index in [1.54, 1.807) is 18.2 Å². The van der Waals surface area contributed by atoms with Gasteiger partial charge in [-0.15, -0.1) is 23.2 Å². The predicted molar refractivity (Wildman–Crippen MR) is 148 cm³/mol. The molecule has 7 nitrogen and oxygen atoms in total. The van der Waals surface area contributed by atoms with Crippen molar-refractivity contribution >= 4 is 93.0 Å². The molecule has 0 bridgehead atoms. The van der Waals surface area contributed by atoms with Gasteiger partial charge in [-0.1, -0.05) is 34.8 Å². The minimum absolute atomic E-state index is 0.0463. The van der Waals surface area contributed by atoms with Gasteiger partial charge >= 0.3 is 6.09 Å². The largest absolute Gasteiger partial charge is 0.465 e. The number of carbonyl (C=O) groups is 3. The molecule has 0 spiro atoms. The molecule has 2 atom stereocenters. The van der Waals surface area contributed by atoms with E-state index in [9.17, 15) is 18.8 Å². The van der Waals surface area contributed by atoms with E-state index < -0.39 is 39.9 Å². The van der Waals surface area contributed by atoms with Crippen molar-refractivity contribution < 1.29 is 23.9 Å². The molecule has 4 rings (SSSR count). The minimum Gasteiger partial charge on any atom is -0.465 e. The molecule has 3 amide bonds. The van der Waals surface area contributed by atoms with Gasteiger partial charge in [0.05, 0.1) is 22.2 Å². The Morgan fingerprint density at radius 3 is 2.21 bits per heavy atom. The van der Waals surface area contributed by atoms with Crippen LogP contribution in [0.3, 0.4) is 0 Å². The number of hydrogen-bond acceptors (Lipinski definition) is 3. The van der Waals surface area contributed by atoms with E-state index in [1.807, 2.05) is 0 Å². The van der Waals surface area contributed by atoms with Crippen molar-refractivity contribution in [3.05, 3.63) is 86.6 Å². The lowest BCUT2D eigenvalue weighted by atomic mass is 10.1. The number of rotatable bonds is 6. The van der Waals surface area contributed by atoms with Crippen LogP contribution >= 0.6 is 58.0 Å². The van der Waals surface area contributed by atoms with Crippen LogP contribution in [0.4, 0.5) is 26.2 Å². The fourth-order valence-corrected chi connectivity index (χ4v) is 5.51. The van der Waals surface area contributed by atoms with Crippen molar-refractivity contribution in [2.75, 3.05) is 22.6 Å². The first-order valence-electron chi connectivity index (χ1n) is 10.8. The zero-order valence-corrected chi connectivity index (χ0v) is 23.0. The molecule has 198 valence electrons. The average Bonchev–Trinajstić information content (AvgIpc) is 3.42. The van der Waals surface area contributed by atoms with Crippen LogP contribution in [0, 0.1) is 11.7 Å². The van der Waals surface area contributed by atoms with E-state index in [-0.39, 0.29) is 27.6 Å². The summed E-state index contributed by atoms with van der Waals surface area (Å²) in [5, 5.41) is 14.9. The number of alkyl halides is 2. The lowest BCUT2D eigenvalue weighted by Crippen LogP contribution is -2.24. The standard InChI is InChI=1S/C25H17Cl5FN3O4/c1-34(24(37)38)15-3-5-19(18(31)10-15)33-22(35)16-9-14(2-4-17(16)28)32-23(36)21-20(25(21,29)30)11-6-12(26)8-13(27)7-11/h2-10,20-21H,1H3,(H,32,36)(H,33,35)(H,37,38). The summed E-state index contributed by atoms with van der Waals surface area (Å²) in [6.45, 7) is 0. The Hall–Kier alpha value is -2.75. The monoisotopic (exact) mass is 617 g/mol. The first kappa shape index (κ1) is 28.3. The number of anilines is 3. The fourth-order valence-electron chi connectivity index (χ4n) is 3.93. The third kappa shape index (κ3) is 5.80. The maximum Gasteiger partial charge on any atom is 0.411 e. The van der Waals surface area contributed by atoms with E-state index in [2.05, 4.69) is 10.6 Å². The summed E-state index contributed by atoms with van der Waals surface area (Å²) >= 11 is 31.1. The van der Waals surface area contributed by atoms with Crippen LogP contribution in [0.15, 0.2) is 54.6 Å². The Bertz CT molecular complexity index is 1450. The number of nitrogens with one attached hydrogen (secondary N) is 2. The van der Waals surface area contributed by atoms with Crippen molar-refractivity contribution in [2.45, 2.75) is 10.3 Å². The highest BCUT2D eigenvalue weighted by Crippen LogP contribution is 2.65. The molecule has 1 aliphatic rings. The van der Waals surface area contributed by atoms with Crippen LogP contribution in [-0.4, -0.2) is 34.4 Å². The summed E-state index contributed by atoms with van der Waals surface area (Å²) in [6.07, 6.45) is -1.28. The molecule has 3 aromatic rings. The maximum absolute atomic E-state index is 14.5. The van der Waals surface area contributed by atoms with Crippen LogP contribution < -0.4 is 15.5 Å². The Morgan fingerprint density at radius 2 is 1.61 bits per heavy atom. The van der Waals surface area contributed by atoms with E-state index in [0.29, 0.717) is 15.6 Å². The van der Waals surface area contributed by atoms with Crippen LogP contribution in [0.1, 0.15) is 21.8 Å². The summed E-state index contributed by atoms with van der Waals surface area (Å²) in [5.41, 5.74) is 0.656. The smallest absolute Gasteiger partial charge is 0.411 e. The highest BCUT2D eigenvalue weighted by molar-refractivity contribution is 6.53. The number of hydrogen-bond donors (Lipinski definition) is 3. The molecule has 1 fully saturated rings. The van der Waals surface area contributed by atoms with Crippen molar-refractivity contribution in [2.24, 2.45) is 5.92 Å². The first-order chi connectivity index (χ1) is 17.8. The van der Waals surface area contributed by atoms with Crippen LogP contribution in [-0.2, 0) is 4.79 Å². The fraction of sp³-hybridized carbons (Fsp3) is 0.160. The van der Waals surface area contributed by atoms with Gasteiger partial charge in [0.2, 0.25) is 5.91 Å². The molecule has 1 saturated carbocycles. The van der Waals surface area contributed by atoms with Gasteiger partial charge in [-0.05, 0) is 60.2 Å². The first-order valence-corrected chi connectivity index (χ1v) is 12.7. The quantitative estimate of drug-likeness (QED) is 0.247. The molecular weight excluding hydrogens is 603 g/mol. The second-order valence-electron chi connectivity index (χ2n) is 8.48. The summed E-state index contributed by atoms with van der Waals surface area (Å²) in [5.74, 6) is -3.51. The molecule has 3 aromatic carbocycles. The number of amides is 3. The van der Waals surface area contributed by atoms with Gasteiger partial charge in [0.15, 0.2) is 0 Å². The zero-order valence-electron chi connectivity index (χ0n) is 19.2. The van der Waals surface area contributed by atoms with Crippen LogP contribution in [0.25, 0.3) is 0 Å². The number of benzene rings is 3. The predicted octanol–water partition coefficient (Wildman–Crippen LogP) is 7.68. The van der Waals surface area contributed by atoms with Gasteiger partial charge in [0.1, 0.15) is 10.2 Å². The second kappa shape index (κ2) is 10.8. The molecule has 0 radical (unpaired) electrons. The minimum atomic E-state index is -1.40. The lowest BCUT2D eigenvalue weighted by Gasteiger charge is -2.15. The molecular formula is C25H17Cl5FN3O4. The summed E-state index contributed by atoms with van der Waals surface area (Å²) in [6, 6.07) is 12.5. The van der Waals surface area contributed by atoms with E-state index >= 15 is 0 Å². The van der Waals surface area contributed by atoms with Gasteiger partial charge in [-0.25, -0.2) is 9.18 Å². The summed E-state index contributed by atoms with van der Waals surface area (Å²) < 4.78 is 13.1. The molecule has 38 heavy (non-hydrogen) atoms. The van der Waals surface area contributed by atoms with Gasteiger partial charge in [0, 0.05) is 34.4 Å². The molecule has 3 N–H and O–H groups in total. The topological polar surface area (TPSA) is 98.7 Å². The number of carboxylic acid groups (broad SMARTS) is 1. The third-order valence-electron chi connectivity index (χ3n) is 5.93. The number of halogens is 6. The lowest BCUT2D eigenvalue weighted by molar-refractivity contribution is -0.117. The number of nitrogens with zero attached hydrogens (tertiary/aromatic N) is 1. The summed E-state index contributed by atoms with van der Waals surface area (Å²) in [7, 11) is 1.25. The molecule has 1 aliphatic carbocycles. The SMILES string of the molecule is CN(C(=O)O)c1ccc(NC(=O)c2cc(NC(=O)C3C(c4cc(Cl)cc(Cl)c4)C3(Cl)Cl)ccc2Cl)c(F)c1. The molecule has 0 aromatic heterocycles. The highest BCUT2D eigenvalue weighted by atomic mass is 35.5. The summed E-state index contributed by atoms with van der Waals surface area (Å²) in [4.78, 5) is 37.7. The Balaban J connectivity index is 1.50. The van der Waals surface area contributed by atoms with Gasteiger partial charge in [-0.3, -0.25) is 14.5 Å². The van der Waals surface area contributed by atoms with Gasteiger partial charge in [0.25, 0.3) is 5.91 Å².